The Morgan fingerprint density at radius 1 is 1.30 bits per heavy atom. The fourth-order valence-corrected chi connectivity index (χ4v) is 1.49. The summed E-state index contributed by atoms with van der Waals surface area (Å²) >= 11 is 0. The molecule has 20 heavy (non-hydrogen) atoms. The second-order valence-electron chi connectivity index (χ2n) is 4.07. The van der Waals surface area contributed by atoms with Crippen LogP contribution < -0.4 is 11.1 Å². The number of nitrogen functional groups attached to an aromatic ring is 1. The highest BCUT2D eigenvalue weighted by Gasteiger charge is 2.15. The molecule has 112 valence electrons. The van der Waals surface area contributed by atoms with Gasteiger partial charge < -0.3 is 20.5 Å². The first-order valence-corrected chi connectivity index (χ1v) is 6.15. The van der Waals surface area contributed by atoms with Gasteiger partial charge in [0.15, 0.2) is 5.82 Å². The fraction of sp³-hybridized carbons (Fsp3) is 0.462. The van der Waals surface area contributed by atoms with Gasteiger partial charge in [-0.15, -0.1) is 0 Å². The summed E-state index contributed by atoms with van der Waals surface area (Å²) in [6.45, 7) is 1.71. The highest BCUT2D eigenvalue weighted by molar-refractivity contribution is 5.95. The van der Waals surface area contributed by atoms with E-state index in [1.807, 2.05) is 0 Å². The first-order chi connectivity index (χ1) is 9.56. The molecular formula is C13H18F2N2O3. The van der Waals surface area contributed by atoms with Crippen LogP contribution in [-0.4, -0.2) is 39.4 Å². The number of carbonyl (C=O) groups excluding carboxylic acids is 1. The zero-order valence-corrected chi connectivity index (χ0v) is 11.2. The van der Waals surface area contributed by atoms with Crippen LogP contribution in [0, 0.1) is 11.6 Å². The Bertz CT molecular complexity index is 455. The fourth-order valence-electron chi connectivity index (χ4n) is 1.49. The maximum atomic E-state index is 13.6. The van der Waals surface area contributed by atoms with Crippen molar-refractivity contribution in [3.8, 4) is 0 Å². The van der Waals surface area contributed by atoms with E-state index < -0.39 is 28.8 Å². The second-order valence-corrected chi connectivity index (χ2v) is 4.07. The first kappa shape index (κ1) is 16.3. The summed E-state index contributed by atoms with van der Waals surface area (Å²) in [6, 6.07) is 1.64. The minimum atomic E-state index is -0.916. The van der Waals surface area contributed by atoms with Crippen molar-refractivity contribution in [3.63, 3.8) is 0 Å². The highest BCUT2D eigenvalue weighted by atomic mass is 19.1. The number of hydrogen-bond donors (Lipinski definition) is 2. The Balaban J connectivity index is 2.36. The van der Waals surface area contributed by atoms with E-state index in [1.165, 1.54) is 0 Å². The van der Waals surface area contributed by atoms with Crippen LogP contribution in [0.25, 0.3) is 0 Å². The largest absolute Gasteiger partial charge is 0.396 e. The summed E-state index contributed by atoms with van der Waals surface area (Å²) in [5.74, 6) is -2.37. The number of halogens is 2. The normalized spacial score (nSPS) is 10.6. The molecule has 0 aromatic heterocycles. The summed E-state index contributed by atoms with van der Waals surface area (Å²) in [4.78, 5) is 11.7. The Kier molecular flexibility index (Phi) is 6.89. The van der Waals surface area contributed by atoms with Crippen molar-refractivity contribution in [2.24, 2.45) is 0 Å². The topological polar surface area (TPSA) is 73.6 Å². The van der Waals surface area contributed by atoms with Crippen molar-refractivity contribution in [3.05, 3.63) is 29.3 Å². The number of ether oxygens (including phenoxy) is 2. The SMILES string of the molecule is COCCOCCCNC(=O)c1cc(F)cc(N)c1F. The lowest BCUT2D eigenvalue weighted by atomic mass is 10.1. The summed E-state index contributed by atoms with van der Waals surface area (Å²) in [5.41, 5.74) is 4.46. The minimum absolute atomic E-state index is 0.293. The zero-order chi connectivity index (χ0) is 15.0. The van der Waals surface area contributed by atoms with Gasteiger partial charge in [0.05, 0.1) is 24.5 Å². The molecule has 0 fully saturated rings. The molecule has 0 aliphatic carbocycles. The van der Waals surface area contributed by atoms with Crippen LogP contribution in [0.5, 0.6) is 0 Å². The number of carbonyl (C=O) groups is 1. The van der Waals surface area contributed by atoms with Crippen molar-refractivity contribution >= 4 is 11.6 Å². The number of hydrogen-bond acceptors (Lipinski definition) is 4. The van der Waals surface area contributed by atoms with Gasteiger partial charge in [0, 0.05) is 20.3 Å². The third kappa shape index (κ3) is 5.10. The van der Waals surface area contributed by atoms with Crippen molar-refractivity contribution in [2.45, 2.75) is 6.42 Å². The number of nitrogens with one attached hydrogen (secondary N) is 1. The molecule has 0 saturated heterocycles. The number of amides is 1. The highest BCUT2D eigenvalue weighted by Crippen LogP contribution is 2.17. The minimum Gasteiger partial charge on any atom is -0.396 e. The molecule has 1 aromatic rings. The lowest BCUT2D eigenvalue weighted by Crippen LogP contribution is -2.26. The zero-order valence-electron chi connectivity index (χ0n) is 11.2. The van der Waals surface area contributed by atoms with Crippen LogP contribution in [0.2, 0.25) is 0 Å². The van der Waals surface area contributed by atoms with Crippen molar-refractivity contribution in [2.75, 3.05) is 39.2 Å². The maximum Gasteiger partial charge on any atom is 0.254 e. The number of benzene rings is 1. The summed E-state index contributed by atoms with van der Waals surface area (Å²) in [7, 11) is 1.57. The molecule has 0 bridgehead atoms. The average molecular weight is 288 g/mol. The summed E-state index contributed by atoms with van der Waals surface area (Å²) < 4.78 is 36.6. The molecule has 7 heteroatoms. The predicted octanol–water partition coefficient (Wildman–Crippen LogP) is 1.33. The van der Waals surface area contributed by atoms with Gasteiger partial charge in [-0.3, -0.25) is 4.79 Å². The van der Waals surface area contributed by atoms with Crippen molar-refractivity contribution in [1.29, 1.82) is 0 Å². The summed E-state index contributed by atoms with van der Waals surface area (Å²) in [5, 5.41) is 2.47. The molecule has 0 saturated carbocycles. The lowest BCUT2D eigenvalue weighted by molar-refractivity contribution is 0.0688. The summed E-state index contributed by atoms with van der Waals surface area (Å²) in [6.07, 6.45) is 0.557. The average Bonchev–Trinajstić information content (AvgIpc) is 2.41. The molecule has 0 radical (unpaired) electrons. The molecule has 3 N–H and O–H groups in total. The van der Waals surface area contributed by atoms with Gasteiger partial charge in [-0.05, 0) is 18.6 Å². The molecule has 1 amide bonds. The standard InChI is InChI=1S/C13H18F2N2O3/c1-19-5-6-20-4-2-3-17-13(18)10-7-9(14)8-11(16)12(10)15/h7-8H,2-6,16H2,1H3,(H,17,18). The number of methoxy groups -OCH3 is 1. The molecule has 0 aliphatic rings. The molecule has 0 atom stereocenters. The smallest absolute Gasteiger partial charge is 0.254 e. The Hall–Kier alpha value is -1.73. The maximum absolute atomic E-state index is 13.6. The van der Waals surface area contributed by atoms with E-state index >= 15 is 0 Å². The first-order valence-electron chi connectivity index (χ1n) is 6.15. The number of nitrogens with two attached hydrogens (primary N) is 1. The van der Waals surface area contributed by atoms with Crippen LogP contribution in [0.4, 0.5) is 14.5 Å². The van der Waals surface area contributed by atoms with Crippen molar-refractivity contribution in [1.82, 2.24) is 5.32 Å². The van der Waals surface area contributed by atoms with Gasteiger partial charge in [-0.25, -0.2) is 8.78 Å². The van der Waals surface area contributed by atoms with E-state index in [1.54, 1.807) is 7.11 Å². The van der Waals surface area contributed by atoms with E-state index in [-0.39, 0.29) is 0 Å². The molecular weight excluding hydrogens is 270 g/mol. The van der Waals surface area contributed by atoms with Crippen LogP contribution in [0.3, 0.4) is 0 Å². The molecule has 0 spiro atoms. The van der Waals surface area contributed by atoms with Gasteiger partial charge >= 0.3 is 0 Å². The third-order valence-electron chi connectivity index (χ3n) is 2.49. The number of anilines is 1. The molecule has 1 aromatic carbocycles. The van der Waals surface area contributed by atoms with Gasteiger partial charge in [-0.2, -0.15) is 0 Å². The van der Waals surface area contributed by atoms with Crippen molar-refractivity contribution < 1.29 is 23.0 Å². The van der Waals surface area contributed by atoms with E-state index in [0.29, 0.717) is 32.8 Å². The lowest BCUT2D eigenvalue weighted by Gasteiger charge is -2.08. The Labute approximate surface area is 116 Å². The van der Waals surface area contributed by atoms with E-state index in [4.69, 9.17) is 15.2 Å². The predicted molar refractivity (Wildman–Crippen MR) is 70.4 cm³/mol. The van der Waals surface area contributed by atoms with Gasteiger partial charge in [-0.1, -0.05) is 0 Å². The second kappa shape index (κ2) is 8.44. The third-order valence-corrected chi connectivity index (χ3v) is 2.49. The molecule has 1 rings (SSSR count). The number of rotatable bonds is 8. The van der Waals surface area contributed by atoms with Crippen LogP contribution >= 0.6 is 0 Å². The molecule has 0 aliphatic heterocycles. The molecule has 0 unspecified atom stereocenters. The molecule has 5 nitrogen and oxygen atoms in total. The van der Waals surface area contributed by atoms with Gasteiger partial charge in [0.2, 0.25) is 0 Å². The quantitative estimate of drug-likeness (QED) is 0.559. The van der Waals surface area contributed by atoms with Gasteiger partial charge in [0.1, 0.15) is 5.82 Å². The van der Waals surface area contributed by atoms with E-state index in [9.17, 15) is 13.6 Å². The van der Waals surface area contributed by atoms with Crippen LogP contribution in [-0.2, 0) is 9.47 Å². The monoisotopic (exact) mass is 288 g/mol. The van der Waals surface area contributed by atoms with E-state index in [0.717, 1.165) is 12.1 Å². The Morgan fingerprint density at radius 3 is 2.75 bits per heavy atom. The van der Waals surface area contributed by atoms with Gasteiger partial charge in [0.25, 0.3) is 5.91 Å². The Morgan fingerprint density at radius 2 is 2.05 bits per heavy atom. The molecule has 0 heterocycles. The van der Waals surface area contributed by atoms with Crippen LogP contribution in [0.1, 0.15) is 16.8 Å². The van der Waals surface area contributed by atoms with Crippen LogP contribution in [0.15, 0.2) is 12.1 Å². The van der Waals surface area contributed by atoms with E-state index in [2.05, 4.69) is 5.32 Å².